The number of aromatic nitrogens is 5. The van der Waals surface area contributed by atoms with Crippen LogP contribution >= 0.6 is 11.3 Å². The monoisotopic (exact) mass is 660 g/mol. The van der Waals surface area contributed by atoms with Crippen LogP contribution in [0.3, 0.4) is 0 Å². The van der Waals surface area contributed by atoms with Gasteiger partial charge in [-0.25, -0.2) is 24.7 Å². The van der Waals surface area contributed by atoms with Crippen LogP contribution in [0.1, 0.15) is 17.5 Å². The summed E-state index contributed by atoms with van der Waals surface area (Å²) in [5.74, 6) is -1.32. The number of halogens is 3. The molecule has 1 aliphatic heterocycles. The average Bonchev–Trinajstić information content (AvgIpc) is 3.65. The van der Waals surface area contributed by atoms with Crippen LogP contribution < -0.4 is 21.7 Å². The summed E-state index contributed by atoms with van der Waals surface area (Å²) in [6.07, 6.45) is -1.16. The van der Waals surface area contributed by atoms with Crippen LogP contribution in [0.15, 0.2) is 39.9 Å². The van der Waals surface area contributed by atoms with Crippen LogP contribution in [0.2, 0.25) is 0 Å². The zero-order chi connectivity index (χ0) is 32.8. The second-order valence-corrected chi connectivity index (χ2v) is 11.5. The van der Waals surface area contributed by atoms with E-state index in [2.05, 4.69) is 50.9 Å². The molecule has 0 atom stereocenters. The number of thiazole rings is 1. The Balaban J connectivity index is 1.46. The molecule has 1 saturated heterocycles. The van der Waals surface area contributed by atoms with E-state index in [0.29, 0.717) is 36.3 Å². The first kappa shape index (κ1) is 32.7. The molecule has 0 aromatic carbocycles. The second-order valence-electron chi connectivity index (χ2n) is 10.4. The number of carbonyl (C=O) groups is 2. The summed E-state index contributed by atoms with van der Waals surface area (Å²) in [5.41, 5.74) is 0.0474. The molecule has 5 heterocycles. The van der Waals surface area contributed by atoms with Gasteiger partial charge < -0.3 is 20.0 Å². The Labute approximate surface area is 264 Å². The lowest BCUT2D eigenvalue weighted by molar-refractivity contribution is -0.141. The third kappa shape index (κ3) is 8.12. The molecule has 0 unspecified atom stereocenters. The average molecular weight is 661 g/mol. The molecule has 14 nitrogen and oxygen atoms in total. The van der Waals surface area contributed by atoms with Gasteiger partial charge in [0.2, 0.25) is 5.91 Å². The number of alkyl halides is 3. The number of hydrogen-bond donors (Lipinski definition) is 4. The number of hydrogen-bond acceptors (Lipinski definition) is 11. The maximum Gasteiger partial charge on any atom is 0.434 e. The molecule has 1 fully saturated rings. The highest BCUT2D eigenvalue weighted by atomic mass is 32.1. The fourth-order valence-corrected chi connectivity index (χ4v) is 5.86. The Bertz CT molecular complexity index is 1750. The van der Waals surface area contributed by atoms with Crippen LogP contribution in [-0.4, -0.2) is 99.7 Å². The third-order valence-corrected chi connectivity index (χ3v) is 8.17. The van der Waals surface area contributed by atoms with Crippen molar-refractivity contribution in [1.82, 2.24) is 45.6 Å². The lowest BCUT2D eigenvalue weighted by Crippen LogP contribution is -2.47. The Hall–Kier alpha value is -4.68. The van der Waals surface area contributed by atoms with E-state index < -0.39 is 36.0 Å². The number of aromatic amines is 1. The van der Waals surface area contributed by atoms with E-state index >= 15 is 0 Å². The molecule has 0 saturated carbocycles. The minimum atomic E-state index is -4.83. The standard InChI is InChI=1S/C28H31F3N10O4S/c1-3-33-26(43)36-21-11-18(19(15-35-21)16-10-17(14-32-13-16)24-38-39-27(44)45-24)25-37-23(28(29,30)31)20(46-25)12-22(42)34-4-5-41-8-6-40(2)7-9-41/h10-11,13-15H,3-9,12H2,1-2H3,(H,34,42)(H,39,44)(H2,33,35,36,43). The molecule has 4 aromatic heterocycles. The molecule has 0 spiro atoms. The number of nitrogens with zero attached hydrogens (tertiary/aromatic N) is 6. The highest BCUT2D eigenvalue weighted by Crippen LogP contribution is 2.41. The quantitative estimate of drug-likeness (QED) is 0.198. The Morgan fingerprint density at radius 3 is 2.52 bits per heavy atom. The van der Waals surface area contributed by atoms with Gasteiger partial charge in [-0.05, 0) is 26.1 Å². The number of amides is 3. The predicted octanol–water partition coefficient (Wildman–Crippen LogP) is 2.68. The molecule has 4 N–H and O–H groups in total. The van der Waals surface area contributed by atoms with Crippen LogP contribution in [0.5, 0.6) is 0 Å². The van der Waals surface area contributed by atoms with Gasteiger partial charge in [0.25, 0.3) is 5.89 Å². The van der Waals surface area contributed by atoms with Crippen molar-refractivity contribution in [3.63, 3.8) is 0 Å². The highest BCUT2D eigenvalue weighted by molar-refractivity contribution is 7.15. The second kappa shape index (κ2) is 14.2. The normalized spacial score (nSPS) is 14.3. The molecule has 244 valence electrons. The summed E-state index contributed by atoms with van der Waals surface area (Å²) >= 11 is 0.719. The van der Waals surface area contributed by atoms with E-state index in [0.717, 1.165) is 37.5 Å². The number of rotatable bonds is 10. The summed E-state index contributed by atoms with van der Waals surface area (Å²) in [4.78, 5) is 53.0. The van der Waals surface area contributed by atoms with E-state index in [4.69, 9.17) is 4.42 Å². The van der Waals surface area contributed by atoms with Crippen molar-refractivity contribution in [1.29, 1.82) is 0 Å². The van der Waals surface area contributed by atoms with Crippen molar-refractivity contribution in [2.75, 3.05) is 58.2 Å². The smallest absolute Gasteiger partial charge is 0.388 e. The van der Waals surface area contributed by atoms with Gasteiger partial charge in [0, 0.05) is 86.0 Å². The summed E-state index contributed by atoms with van der Waals surface area (Å²) < 4.78 is 47.7. The number of piperazine rings is 1. The third-order valence-electron chi connectivity index (χ3n) is 7.08. The Morgan fingerprint density at radius 2 is 1.83 bits per heavy atom. The van der Waals surface area contributed by atoms with E-state index in [1.165, 1.54) is 24.7 Å². The number of likely N-dealkylation sites (N-methyl/N-ethyl adjacent to an activating group) is 1. The summed E-state index contributed by atoms with van der Waals surface area (Å²) in [6.45, 7) is 6.47. The summed E-state index contributed by atoms with van der Waals surface area (Å²) in [6, 6.07) is 2.40. The molecular weight excluding hydrogens is 629 g/mol. The highest BCUT2D eigenvalue weighted by Gasteiger charge is 2.38. The number of H-pyrrole nitrogens is 1. The number of pyridine rings is 2. The van der Waals surface area contributed by atoms with E-state index in [1.54, 1.807) is 13.0 Å². The zero-order valence-corrected chi connectivity index (χ0v) is 25.7. The fraction of sp³-hybridized carbons (Fsp3) is 0.393. The van der Waals surface area contributed by atoms with E-state index in [1.807, 2.05) is 7.05 Å². The maximum atomic E-state index is 14.2. The largest absolute Gasteiger partial charge is 0.434 e. The van der Waals surface area contributed by atoms with Crippen LogP contribution in [0, 0.1) is 0 Å². The fourth-order valence-electron chi connectivity index (χ4n) is 4.75. The van der Waals surface area contributed by atoms with Gasteiger partial charge in [-0.3, -0.25) is 20.0 Å². The molecule has 4 aromatic rings. The summed E-state index contributed by atoms with van der Waals surface area (Å²) in [7, 11) is 2.03. The first-order chi connectivity index (χ1) is 22.0. The molecule has 0 bridgehead atoms. The first-order valence-corrected chi connectivity index (χ1v) is 15.1. The number of anilines is 1. The van der Waals surface area contributed by atoms with Gasteiger partial charge in [-0.2, -0.15) is 13.2 Å². The minimum absolute atomic E-state index is 0.0436. The van der Waals surface area contributed by atoms with Crippen molar-refractivity contribution >= 4 is 29.1 Å². The molecule has 46 heavy (non-hydrogen) atoms. The van der Waals surface area contributed by atoms with Crippen LogP contribution in [0.25, 0.3) is 33.2 Å². The maximum absolute atomic E-state index is 14.2. The Kier molecular flexibility index (Phi) is 10.1. The van der Waals surface area contributed by atoms with Crippen LogP contribution in [0.4, 0.5) is 23.8 Å². The summed E-state index contributed by atoms with van der Waals surface area (Å²) in [5, 5.41) is 13.7. The molecule has 3 amide bonds. The van der Waals surface area contributed by atoms with Crippen LogP contribution in [-0.2, 0) is 17.4 Å². The first-order valence-electron chi connectivity index (χ1n) is 14.3. The zero-order valence-electron chi connectivity index (χ0n) is 24.9. The van der Waals surface area contributed by atoms with E-state index in [9.17, 15) is 27.6 Å². The van der Waals surface area contributed by atoms with Gasteiger partial charge in [0.1, 0.15) is 10.8 Å². The van der Waals surface area contributed by atoms with Gasteiger partial charge >= 0.3 is 18.0 Å². The van der Waals surface area contributed by atoms with Crippen molar-refractivity contribution in [2.45, 2.75) is 19.5 Å². The minimum Gasteiger partial charge on any atom is -0.388 e. The molecule has 0 aliphatic carbocycles. The number of carbonyl (C=O) groups excluding carboxylic acids is 2. The molecule has 0 radical (unpaired) electrons. The van der Waals surface area contributed by atoms with Gasteiger partial charge in [-0.15, -0.1) is 16.4 Å². The van der Waals surface area contributed by atoms with Crippen molar-refractivity contribution < 1.29 is 27.2 Å². The lowest BCUT2D eigenvalue weighted by Gasteiger charge is -2.32. The van der Waals surface area contributed by atoms with Crippen molar-refractivity contribution in [3.8, 4) is 33.2 Å². The van der Waals surface area contributed by atoms with Crippen molar-refractivity contribution in [3.05, 3.63) is 51.8 Å². The van der Waals surface area contributed by atoms with E-state index in [-0.39, 0.29) is 27.2 Å². The van der Waals surface area contributed by atoms with Crippen molar-refractivity contribution in [2.24, 2.45) is 0 Å². The molecule has 18 heteroatoms. The molecular formula is C28H31F3N10O4S. The van der Waals surface area contributed by atoms with Gasteiger partial charge in [-0.1, -0.05) is 0 Å². The predicted molar refractivity (Wildman–Crippen MR) is 163 cm³/mol. The topological polar surface area (TPSA) is 174 Å². The molecule has 5 rings (SSSR count). The Morgan fingerprint density at radius 1 is 1.07 bits per heavy atom. The SMILES string of the molecule is CCNC(=O)Nc1cc(-c2nc(C(F)(F)F)c(CC(=O)NCCN3CCN(C)CC3)s2)c(-c2cncc(-c3n[nH]c(=O)o3)c2)cn1. The van der Waals surface area contributed by atoms with Gasteiger partial charge in [0.15, 0.2) is 5.69 Å². The number of nitrogens with one attached hydrogen (secondary N) is 4. The lowest BCUT2D eigenvalue weighted by atomic mass is 10.0. The number of urea groups is 1. The molecule has 1 aliphatic rings. The van der Waals surface area contributed by atoms with Gasteiger partial charge in [0.05, 0.1) is 12.0 Å².